The number of aromatic nitrogens is 2. The fraction of sp³-hybridized carbons (Fsp3) is 0.308. The van der Waals surface area contributed by atoms with E-state index in [0.29, 0.717) is 5.75 Å². The molecule has 0 aliphatic heterocycles. The van der Waals surface area contributed by atoms with E-state index in [9.17, 15) is 0 Å². The first-order valence-electron chi connectivity index (χ1n) is 5.61. The van der Waals surface area contributed by atoms with Gasteiger partial charge in [0.25, 0.3) is 0 Å². The third-order valence-electron chi connectivity index (χ3n) is 2.32. The topological polar surface area (TPSA) is 37.9 Å². The average molecular weight is 248 g/mol. The van der Waals surface area contributed by atoms with Gasteiger partial charge in [-0.25, -0.2) is 4.98 Å². The maximum Gasteiger partial charge on any atom is 0.119 e. The maximum absolute atomic E-state index is 5.59. The summed E-state index contributed by atoms with van der Waals surface area (Å²) >= 11 is 4.18. The molecule has 17 heavy (non-hydrogen) atoms. The first-order valence-corrected chi connectivity index (χ1v) is 6.24. The summed E-state index contributed by atoms with van der Waals surface area (Å²) in [7, 11) is 0. The lowest BCUT2D eigenvalue weighted by atomic mass is 10.1. The van der Waals surface area contributed by atoms with E-state index < -0.39 is 0 Å². The summed E-state index contributed by atoms with van der Waals surface area (Å²) in [6.07, 6.45) is 2.02. The number of hydrogen-bond donors (Lipinski definition) is 2. The van der Waals surface area contributed by atoms with Crippen LogP contribution in [-0.2, 0) is 5.75 Å². The number of H-pyrrole nitrogens is 1. The van der Waals surface area contributed by atoms with E-state index in [1.54, 1.807) is 0 Å². The van der Waals surface area contributed by atoms with Crippen LogP contribution in [0.25, 0.3) is 11.3 Å². The van der Waals surface area contributed by atoms with Gasteiger partial charge in [-0.1, -0.05) is 0 Å². The minimum absolute atomic E-state index is 0.198. The van der Waals surface area contributed by atoms with Gasteiger partial charge < -0.3 is 9.72 Å². The number of aromatic amines is 1. The molecule has 0 amide bonds. The standard InChI is InChI=1S/C13H16N2OS/c1-9(2)16-11-5-3-10(4-6-11)12-7-14-13(8-17)15-12/h3-7,9,17H,8H2,1-2H3,(H,14,15). The minimum Gasteiger partial charge on any atom is -0.491 e. The number of nitrogens with one attached hydrogen (secondary N) is 1. The lowest BCUT2D eigenvalue weighted by Gasteiger charge is -2.09. The molecule has 1 N–H and O–H groups in total. The first-order chi connectivity index (χ1) is 8.19. The van der Waals surface area contributed by atoms with Crippen molar-refractivity contribution in [3.63, 3.8) is 0 Å². The highest BCUT2D eigenvalue weighted by molar-refractivity contribution is 7.79. The van der Waals surface area contributed by atoms with E-state index in [4.69, 9.17) is 4.74 Å². The largest absolute Gasteiger partial charge is 0.491 e. The third kappa shape index (κ3) is 3.03. The molecule has 0 saturated carbocycles. The summed E-state index contributed by atoms with van der Waals surface area (Å²) in [6.45, 7) is 4.03. The summed E-state index contributed by atoms with van der Waals surface area (Å²) in [4.78, 5) is 7.43. The molecule has 1 aromatic carbocycles. The molecule has 0 radical (unpaired) electrons. The van der Waals surface area contributed by atoms with Crippen LogP contribution >= 0.6 is 12.6 Å². The smallest absolute Gasteiger partial charge is 0.119 e. The number of rotatable bonds is 4. The minimum atomic E-state index is 0.198. The highest BCUT2D eigenvalue weighted by Gasteiger charge is 2.03. The molecule has 2 rings (SSSR count). The van der Waals surface area contributed by atoms with Crippen LogP contribution in [0, 0.1) is 0 Å². The molecule has 3 nitrogen and oxygen atoms in total. The van der Waals surface area contributed by atoms with Gasteiger partial charge in [0.15, 0.2) is 0 Å². The zero-order chi connectivity index (χ0) is 12.3. The molecule has 1 aromatic heterocycles. The molecule has 0 atom stereocenters. The Morgan fingerprint density at radius 2 is 2.00 bits per heavy atom. The van der Waals surface area contributed by atoms with Crippen molar-refractivity contribution >= 4 is 12.6 Å². The monoisotopic (exact) mass is 248 g/mol. The van der Waals surface area contributed by atoms with E-state index in [1.165, 1.54) is 0 Å². The van der Waals surface area contributed by atoms with E-state index in [0.717, 1.165) is 22.8 Å². The molecule has 0 spiro atoms. The molecular weight excluding hydrogens is 232 g/mol. The second-order valence-corrected chi connectivity index (χ2v) is 4.41. The van der Waals surface area contributed by atoms with Crippen molar-refractivity contribution in [1.29, 1.82) is 0 Å². The molecule has 0 aliphatic carbocycles. The van der Waals surface area contributed by atoms with Crippen LogP contribution in [0.4, 0.5) is 0 Å². The molecule has 0 saturated heterocycles. The van der Waals surface area contributed by atoms with Crippen LogP contribution in [0.3, 0.4) is 0 Å². The Kier molecular flexibility index (Phi) is 3.74. The molecular formula is C13H16N2OS. The van der Waals surface area contributed by atoms with E-state index >= 15 is 0 Å². The Hall–Kier alpha value is -1.42. The first kappa shape index (κ1) is 12.0. The van der Waals surface area contributed by atoms with Gasteiger partial charge in [0.05, 0.1) is 18.0 Å². The quantitative estimate of drug-likeness (QED) is 0.815. The summed E-state index contributed by atoms with van der Waals surface area (Å²) in [6, 6.07) is 7.98. The predicted molar refractivity (Wildman–Crippen MR) is 72.5 cm³/mol. The number of benzene rings is 1. The van der Waals surface area contributed by atoms with Crippen molar-refractivity contribution in [3.8, 4) is 17.0 Å². The molecule has 1 heterocycles. The number of hydrogen-bond acceptors (Lipinski definition) is 3. The van der Waals surface area contributed by atoms with Gasteiger partial charge in [0, 0.05) is 5.75 Å². The Labute approximate surface area is 107 Å². The van der Waals surface area contributed by atoms with Gasteiger partial charge in [-0.2, -0.15) is 12.6 Å². The van der Waals surface area contributed by atoms with Gasteiger partial charge in [-0.05, 0) is 43.7 Å². The van der Waals surface area contributed by atoms with Gasteiger partial charge in [-0.3, -0.25) is 0 Å². The van der Waals surface area contributed by atoms with Crippen LogP contribution in [0.1, 0.15) is 19.7 Å². The highest BCUT2D eigenvalue weighted by Crippen LogP contribution is 2.21. The molecule has 0 unspecified atom stereocenters. The summed E-state index contributed by atoms with van der Waals surface area (Å²) in [5.74, 6) is 2.39. The molecule has 4 heteroatoms. The molecule has 90 valence electrons. The van der Waals surface area contributed by atoms with Crippen molar-refractivity contribution in [2.75, 3.05) is 0 Å². The molecule has 0 bridgehead atoms. The van der Waals surface area contributed by atoms with Crippen molar-refractivity contribution in [1.82, 2.24) is 9.97 Å². The second-order valence-electron chi connectivity index (χ2n) is 4.09. The van der Waals surface area contributed by atoms with E-state index in [1.807, 2.05) is 44.3 Å². The number of nitrogens with zero attached hydrogens (tertiary/aromatic N) is 1. The summed E-state index contributed by atoms with van der Waals surface area (Å²) in [5, 5.41) is 0. The van der Waals surface area contributed by atoms with Gasteiger partial charge in [0.2, 0.25) is 0 Å². The number of ether oxygens (including phenoxy) is 1. The van der Waals surface area contributed by atoms with Crippen LogP contribution in [-0.4, -0.2) is 16.1 Å². The number of imidazole rings is 1. The third-order valence-corrected chi connectivity index (χ3v) is 2.61. The summed E-state index contributed by atoms with van der Waals surface area (Å²) in [5.41, 5.74) is 2.10. The zero-order valence-electron chi connectivity index (χ0n) is 9.97. The van der Waals surface area contributed by atoms with Gasteiger partial charge in [-0.15, -0.1) is 0 Å². The predicted octanol–water partition coefficient (Wildman–Crippen LogP) is 3.29. The fourth-order valence-electron chi connectivity index (χ4n) is 1.57. The molecule has 0 aliphatic rings. The van der Waals surface area contributed by atoms with E-state index in [-0.39, 0.29) is 6.10 Å². The van der Waals surface area contributed by atoms with Crippen LogP contribution < -0.4 is 4.74 Å². The Balaban J connectivity index is 2.17. The normalized spacial score (nSPS) is 10.8. The van der Waals surface area contributed by atoms with Crippen LogP contribution in [0.5, 0.6) is 5.75 Å². The Bertz CT molecular complexity index is 476. The SMILES string of the molecule is CC(C)Oc1ccc(-c2cnc(CS)[nH]2)cc1. The van der Waals surface area contributed by atoms with Gasteiger partial charge >= 0.3 is 0 Å². The lowest BCUT2D eigenvalue weighted by molar-refractivity contribution is 0.242. The molecule has 0 fully saturated rings. The van der Waals surface area contributed by atoms with Crippen molar-refractivity contribution in [2.45, 2.75) is 25.7 Å². The Morgan fingerprint density at radius 3 is 2.53 bits per heavy atom. The number of thiol groups is 1. The fourth-order valence-corrected chi connectivity index (χ4v) is 1.74. The highest BCUT2D eigenvalue weighted by atomic mass is 32.1. The summed E-state index contributed by atoms with van der Waals surface area (Å²) < 4.78 is 5.59. The lowest BCUT2D eigenvalue weighted by Crippen LogP contribution is -2.05. The van der Waals surface area contributed by atoms with Crippen molar-refractivity contribution < 1.29 is 4.74 Å². The average Bonchev–Trinajstić information content (AvgIpc) is 2.78. The van der Waals surface area contributed by atoms with Gasteiger partial charge in [0.1, 0.15) is 11.6 Å². The van der Waals surface area contributed by atoms with Crippen LogP contribution in [0.2, 0.25) is 0 Å². The van der Waals surface area contributed by atoms with Crippen LogP contribution in [0.15, 0.2) is 30.5 Å². The Morgan fingerprint density at radius 1 is 1.29 bits per heavy atom. The maximum atomic E-state index is 5.59. The second kappa shape index (κ2) is 5.27. The zero-order valence-corrected chi connectivity index (χ0v) is 10.9. The van der Waals surface area contributed by atoms with Crippen molar-refractivity contribution in [3.05, 3.63) is 36.3 Å². The van der Waals surface area contributed by atoms with E-state index in [2.05, 4.69) is 22.6 Å². The molecule has 2 aromatic rings. The van der Waals surface area contributed by atoms with Crippen molar-refractivity contribution in [2.24, 2.45) is 0 Å².